The van der Waals surface area contributed by atoms with E-state index in [1.54, 1.807) is 0 Å². The van der Waals surface area contributed by atoms with Crippen molar-refractivity contribution in [1.29, 1.82) is 0 Å². The molecule has 62 valence electrons. The van der Waals surface area contributed by atoms with Crippen LogP contribution in [0, 0.1) is 5.92 Å². The van der Waals surface area contributed by atoms with E-state index < -0.39 is 0 Å². The molecule has 1 amide bonds. The van der Waals surface area contributed by atoms with Crippen molar-refractivity contribution in [3.8, 4) is 0 Å². The Balaban J connectivity index is 2.13. The predicted molar refractivity (Wildman–Crippen MR) is 42.1 cm³/mol. The Morgan fingerprint density at radius 2 is 2.36 bits per heavy atom. The minimum atomic E-state index is 0.0856. The largest absolute Gasteiger partial charge is 0.352 e. The molecule has 1 aliphatic carbocycles. The molecule has 3 nitrogen and oxygen atoms in total. The summed E-state index contributed by atoms with van der Waals surface area (Å²) in [5.41, 5.74) is 0. The summed E-state index contributed by atoms with van der Waals surface area (Å²) in [6.45, 7) is 0. The van der Waals surface area contributed by atoms with Crippen LogP contribution < -0.4 is 10.6 Å². The summed E-state index contributed by atoms with van der Waals surface area (Å²) >= 11 is 0. The van der Waals surface area contributed by atoms with E-state index in [4.69, 9.17) is 0 Å². The Labute approximate surface area is 66.5 Å². The highest BCUT2D eigenvalue weighted by Gasteiger charge is 2.43. The Morgan fingerprint density at radius 3 is 3.09 bits per heavy atom. The lowest BCUT2D eigenvalue weighted by Crippen LogP contribution is -2.37. The maximum atomic E-state index is 11.2. The van der Waals surface area contributed by atoms with Crippen LogP contribution in [0.15, 0.2) is 0 Å². The topological polar surface area (TPSA) is 41.1 Å². The van der Waals surface area contributed by atoms with Crippen LogP contribution in [0.2, 0.25) is 0 Å². The van der Waals surface area contributed by atoms with Gasteiger partial charge < -0.3 is 10.6 Å². The van der Waals surface area contributed by atoms with Crippen LogP contribution >= 0.6 is 0 Å². The summed E-state index contributed by atoms with van der Waals surface area (Å²) in [6.07, 6.45) is 3.65. The van der Waals surface area contributed by atoms with E-state index in [0.29, 0.717) is 12.0 Å². The normalized spacial score (nSPS) is 42.3. The predicted octanol–water partition coefficient (Wildman–Crippen LogP) is -0.127. The molecular weight excluding hydrogens is 140 g/mol. The Morgan fingerprint density at radius 1 is 1.55 bits per heavy atom. The summed E-state index contributed by atoms with van der Waals surface area (Å²) in [5.74, 6) is 0.759. The molecule has 1 aliphatic heterocycles. The molecule has 11 heavy (non-hydrogen) atoms. The van der Waals surface area contributed by atoms with Crippen LogP contribution in [0.3, 0.4) is 0 Å². The van der Waals surface area contributed by atoms with Crippen molar-refractivity contribution in [3.63, 3.8) is 0 Å². The van der Waals surface area contributed by atoms with Crippen LogP contribution in [0.5, 0.6) is 0 Å². The molecule has 0 aromatic heterocycles. The van der Waals surface area contributed by atoms with Crippen molar-refractivity contribution in [2.45, 2.75) is 31.3 Å². The standard InChI is InChI=1S/C8H14N2O/c1-9-7-5-3-2-4-6(5)10-8(7)11/h5-7,9H,2-4H2,1H3,(H,10,11)/t5-,6+,7+/m1/s1. The number of rotatable bonds is 1. The van der Waals surface area contributed by atoms with Crippen molar-refractivity contribution < 1.29 is 4.79 Å². The Kier molecular flexibility index (Phi) is 1.60. The zero-order valence-electron chi connectivity index (χ0n) is 6.76. The molecule has 2 fully saturated rings. The van der Waals surface area contributed by atoms with E-state index in [9.17, 15) is 4.79 Å². The fourth-order valence-electron chi connectivity index (χ4n) is 2.38. The van der Waals surface area contributed by atoms with Gasteiger partial charge in [0.1, 0.15) is 0 Å². The maximum absolute atomic E-state index is 11.2. The van der Waals surface area contributed by atoms with E-state index in [-0.39, 0.29) is 11.9 Å². The lowest BCUT2D eigenvalue weighted by atomic mass is 9.99. The number of carbonyl (C=O) groups excluding carboxylic acids is 1. The molecule has 2 rings (SSSR count). The van der Waals surface area contributed by atoms with Gasteiger partial charge in [-0.25, -0.2) is 0 Å². The van der Waals surface area contributed by atoms with E-state index in [0.717, 1.165) is 0 Å². The minimum Gasteiger partial charge on any atom is -0.352 e. The first-order chi connectivity index (χ1) is 5.33. The molecule has 1 saturated heterocycles. The van der Waals surface area contributed by atoms with Crippen LogP contribution in [0.25, 0.3) is 0 Å². The summed E-state index contributed by atoms with van der Waals surface area (Å²) < 4.78 is 0. The smallest absolute Gasteiger partial charge is 0.237 e. The number of hydrogen-bond acceptors (Lipinski definition) is 2. The SMILES string of the molecule is CN[C@@H]1C(=O)N[C@H]2CCC[C@H]21. The monoisotopic (exact) mass is 154 g/mol. The molecule has 2 N–H and O–H groups in total. The Hall–Kier alpha value is -0.570. The molecule has 1 heterocycles. The first-order valence-electron chi connectivity index (χ1n) is 4.30. The number of nitrogens with one attached hydrogen (secondary N) is 2. The van der Waals surface area contributed by atoms with Gasteiger partial charge in [-0.2, -0.15) is 0 Å². The summed E-state index contributed by atoms with van der Waals surface area (Å²) in [4.78, 5) is 11.2. The van der Waals surface area contributed by atoms with E-state index in [2.05, 4.69) is 10.6 Å². The van der Waals surface area contributed by atoms with Crippen molar-refractivity contribution in [1.82, 2.24) is 10.6 Å². The van der Waals surface area contributed by atoms with Gasteiger partial charge in [-0.15, -0.1) is 0 Å². The highest BCUT2D eigenvalue weighted by Crippen LogP contribution is 2.32. The summed E-state index contributed by atoms with van der Waals surface area (Å²) in [5, 5.41) is 6.09. The highest BCUT2D eigenvalue weighted by atomic mass is 16.2. The summed E-state index contributed by atoms with van der Waals surface area (Å²) in [7, 11) is 1.87. The maximum Gasteiger partial charge on any atom is 0.237 e. The highest BCUT2D eigenvalue weighted by molar-refractivity contribution is 5.85. The van der Waals surface area contributed by atoms with Gasteiger partial charge in [0, 0.05) is 12.0 Å². The first kappa shape index (κ1) is 7.10. The third-order valence-corrected chi connectivity index (χ3v) is 2.92. The van der Waals surface area contributed by atoms with Crippen molar-refractivity contribution in [2.24, 2.45) is 5.92 Å². The Bertz CT molecular complexity index is 181. The zero-order valence-corrected chi connectivity index (χ0v) is 6.76. The molecule has 3 heteroatoms. The van der Waals surface area contributed by atoms with E-state index in [1.807, 2.05) is 7.05 Å². The molecule has 0 unspecified atom stereocenters. The van der Waals surface area contributed by atoms with Crippen molar-refractivity contribution in [2.75, 3.05) is 7.05 Å². The van der Waals surface area contributed by atoms with Crippen LogP contribution in [0.4, 0.5) is 0 Å². The number of likely N-dealkylation sites (N-methyl/N-ethyl adjacent to an activating group) is 1. The number of amides is 1. The molecule has 1 saturated carbocycles. The van der Waals surface area contributed by atoms with Crippen LogP contribution in [0.1, 0.15) is 19.3 Å². The molecule has 2 aliphatic rings. The molecule has 3 atom stereocenters. The first-order valence-corrected chi connectivity index (χ1v) is 4.30. The summed E-state index contributed by atoms with van der Waals surface area (Å²) in [6, 6.07) is 0.558. The van der Waals surface area contributed by atoms with Gasteiger partial charge in [0.05, 0.1) is 6.04 Å². The van der Waals surface area contributed by atoms with Gasteiger partial charge in [0.2, 0.25) is 5.91 Å². The second-order valence-corrected chi connectivity index (χ2v) is 3.48. The second kappa shape index (κ2) is 2.48. The second-order valence-electron chi connectivity index (χ2n) is 3.48. The molecular formula is C8H14N2O. The van der Waals surface area contributed by atoms with Gasteiger partial charge in [-0.3, -0.25) is 4.79 Å². The van der Waals surface area contributed by atoms with Gasteiger partial charge in [0.15, 0.2) is 0 Å². The van der Waals surface area contributed by atoms with Crippen molar-refractivity contribution in [3.05, 3.63) is 0 Å². The average molecular weight is 154 g/mol. The molecule has 0 aromatic carbocycles. The molecule has 0 bridgehead atoms. The average Bonchev–Trinajstić information content (AvgIpc) is 2.46. The van der Waals surface area contributed by atoms with E-state index >= 15 is 0 Å². The van der Waals surface area contributed by atoms with Gasteiger partial charge >= 0.3 is 0 Å². The van der Waals surface area contributed by atoms with E-state index in [1.165, 1.54) is 19.3 Å². The van der Waals surface area contributed by atoms with Gasteiger partial charge in [-0.05, 0) is 19.9 Å². The zero-order chi connectivity index (χ0) is 7.84. The number of carbonyl (C=O) groups is 1. The third-order valence-electron chi connectivity index (χ3n) is 2.92. The van der Waals surface area contributed by atoms with Crippen LogP contribution in [-0.2, 0) is 4.79 Å². The molecule has 0 spiro atoms. The third kappa shape index (κ3) is 0.948. The molecule has 0 radical (unpaired) electrons. The van der Waals surface area contributed by atoms with Crippen LogP contribution in [-0.4, -0.2) is 25.0 Å². The quantitative estimate of drug-likeness (QED) is 0.552. The fourth-order valence-corrected chi connectivity index (χ4v) is 2.38. The minimum absolute atomic E-state index is 0.0856. The van der Waals surface area contributed by atoms with Crippen molar-refractivity contribution >= 4 is 5.91 Å². The van der Waals surface area contributed by atoms with Gasteiger partial charge in [0.25, 0.3) is 0 Å². The molecule has 0 aromatic rings. The number of fused-ring (bicyclic) bond motifs is 1. The van der Waals surface area contributed by atoms with Gasteiger partial charge in [-0.1, -0.05) is 6.42 Å². The fraction of sp³-hybridized carbons (Fsp3) is 0.875. The lowest BCUT2D eigenvalue weighted by molar-refractivity contribution is -0.121. The number of hydrogen-bond donors (Lipinski definition) is 2. The lowest BCUT2D eigenvalue weighted by Gasteiger charge is -2.12.